The molecule has 0 atom stereocenters. The first-order valence-electron chi connectivity index (χ1n) is 8.12. The Labute approximate surface area is 164 Å². The fourth-order valence-corrected chi connectivity index (χ4v) is 2.81. The number of esters is 1. The van der Waals surface area contributed by atoms with E-state index in [1.807, 2.05) is 6.07 Å². The summed E-state index contributed by atoms with van der Waals surface area (Å²) >= 11 is 5.93. The third-order valence-electron chi connectivity index (χ3n) is 3.84. The highest BCUT2D eigenvalue weighted by Gasteiger charge is 2.16. The van der Waals surface area contributed by atoms with Gasteiger partial charge >= 0.3 is 5.97 Å². The monoisotopic (exact) mass is 399 g/mol. The van der Waals surface area contributed by atoms with Crippen molar-refractivity contribution in [1.29, 1.82) is 0 Å². The van der Waals surface area contributed by atoms with Crippen LogP contribution >= 0.6 is 11.6 Å². The van der Waals surface area contributed by atoms with Crippen LogP contribution in [0.3, 0.4) is 0 Å². The van der Waals surface area contributed by atoms with Crippen molar-refractivity contribution in [2.24, 2.45) is 0 Å². The maximum atomic E-state index is 12.4. The van der Waals surface area contributed by atoms with Crippen LogP contribution in [-0.2, 0) is 9.53 Å². The lowest BCUT2D eigenvalue weighted by Crippen LogP contribution is -2.21. The Hall–Kier alpha value is -3.52. The zero-order valence-electron chi connectivity index (χ0n) is 14.6. The number of halogens is 1. The Kier molecular flexibility index (Phi) is 5.51. The van der Waals surface area contributed by atoms with Gasteiger partial charge in [-0.1, -0.05) is 29.8 Å². The van der Waals surface area contributed by atoms with E-state index >= 15 is 0 Å². The smallest absolute Gasteiger partial charge is 0.339 e. The molecule has 0 radical (unpaired) electrons. The van der Waals surface area contributed by atoms with Crippen molar-refractivity contribution in [2.45, 2.75) is 6.92 Å². The quantitative estimate of drug-likeness (QED) is 0.395. The number of anilines is 1. The van der Waals surface area contributed by atoms with Gasteiger partial charge in [0.25, 0.3) is 11.6 Å². The first-order chi connectivity index (χ1) is 13.3. The highest BCUT2D eigenvalue weighted by atomic mass is 35.5. The number of amides is 1. The van der Waals surface area contributed by atoms with Crippen LogP contribution < -0.4 is 5.32 Å². The Morgan fingerprint density at radius 2 is 1.96 bits per heavy atom. The number of ether oxygens (including phenoxy) is 1. The first kappa shape index (κ1) is 19.2. The number of rotatable bonds is 5. The Morgan fingerprint density at radius 1 is 1.21 bits per heavy atom. The molecule has 1 N–H and O–H groups in total. The van der Waals surface area contributed by atoms with E-state index in [0.717, 1.165) is 6.07 Å². The molecule has 0 spiro atoms. The van der Waals surface area contributed by atoms with Crippen molar-refractivity contribution in [2.75, 3.05) is 11.9 Å². The Balaban J connectivity index is 1.68. The van der Waals surface area contributed by atoms with Crippen LogP contribution in [-0.4, -0.2) is 28.4 Å². The normalized spacial score (nSPS) is 10.5. The molecular formula is C19H14ClN3O5. The summed E-state index contributed by atoms with van der Waals surface area (Å²) in [5.41, 5.74) is 1.58. The highest BCUT2D eigenvalue weighted by Crippen LogP contribution is 2.26. The van der Waals surface area contributed by atoms with Gasteiger partial charge in [0.1, 0.15) is 0 Å². The first-order valence-corrected chi connectivity index (χ1v) is 8.50. The minimum atomic E-state index is -0.661. The molecule has 142 valence electrons. The molecule has 0 bridgehead atoms. The summed E-state index contributed by atoms with van der Waals surface area (Å²) < 4.78 is 5.10. The van der Waals surface area contributed by atoms with Gasteiger partial charge in [-0.05, 0) is 25.1 Å². The van der Waals surface area contributed by atoms with Gasteiger partial charge in [-0.3, -0.25) is 19.9 Å². The third kappa shape index (κ3) is 4.24. The van der Waals surface area contributed by atoms with E-state index < -0.39 is 23.4 Å². The number of aromatic nitrogens is 1. The van der Waals surface area contributed by atoms with Gasteiger partial charge in [0, 0.05) is 23.2 Å². The molecule has 1 heterocycles. The molecule has 0 fully saturated rings. The molecule has 8 nitrogen and oxygen atoms in total. The molecule has 0 aliphatic rings. The van der Waals surface area contributed by atoms with Crippen LogP contribution in [0.1, 0.15) is 16.1 Å². The van der Waals surface area contributed by atoms with E-state index in [1.54, 1.807) is 31.2 Å². The zero-order chi connectivity index (χ0) is 20.3. The van der Waals surface area contributed by atoms with Crippen LogP contribution in [0.25, 0.3) is 10.9 Å². The minimum absolute atomic E-state index is 0.00429. The average Bonchev–Trinajstić information content (AvgIpc) is 2.66. The van der Waals surface area contributed by atoms with Crippen LogP contribution in [0.4, 0.5) is 11.4 Å². The van der Waals surface area contributed by atoms with E-state index in [0.29, 0.717) is 22.2 Å². The summed E-state index contributed by atoms with van der Waals surface area (Å²) in [5, 5.41) is 13.8. The second-order valence-corrected chi connectivity index (χ2v) is 6.28. The molecule has 0 unspecified atom stereocenters. The number of fused-ring (bicyclic) bond motifs is 1. The molecule has 2 aromatic carbocycles. The van der Waals surface area contributed by atoms with Gasteiger partial charge < -0.3 is 10.1 Å². The Morgan fingerprint density at radius 3 is 2.68 bits per heavy atom. The predicted molar refractivity (Wildman–Crippen MR) is 103 cm³/mol. The number of carbonyl (C=O) groups excluding carboxylic acids is 2. The van der Waals surface area contributed by atoms with E-state index in [4.69, 9.17) is 16.3 Å². The number of aryl methyl sites for hydroxylation is 1. The number of pyridine rings is 1. The molecule has 1 amide bonds. The molecule has 0 aliphatic heterocycles. The van der Waals surface area contributed by atoms with Crippen LogP contribution in [0, 0.1) is 17.0 Å². The number of non-ortho nitro benzene ring substituents is 1. The lowest BCUT2D eigenvalue weighted by Gasteiger charge is -2.10. The van der Waals surface area contributed by atoms with Crippen molar-refractivity contribution < 1.29 is 19.2 Å². The van der Waals surface area contributed by atoms with E-state index in [-0.39, 0.29) is 16.4 Å². The maximum absolute atomic E-state index is 12.4. The molecule has 3 rings (SSSR count). The summed E-state index contributed by atoms with van der Waals surface area (Å²) in [6.45, 7) is 1.22. The molecule has 3 aromatic rings. The maximum Gasteiger partial charge on any atom is 0.339 e. The summed E-state index contributed by atoms with van der Waals surface area (Å²) in [7, 11) is 0. The van der Waals surface area contributed by atoms with Crippen LogP contribution in [0.5, 0.6) is 0 Å². The van der Waals surface area contributed by atoms with Crippen molar-refractivity contribution in [3.8, 4) is 0 Å². The second kappa shape index (κ2) is 8.01. The molecular weight excluding hydrogens is 386 g/mol. The number of hydrogen-bond donors (Lipinski definition) is 1. The van der Waals surface area contributed by atoms with Crippen molar-refractivity contribution >= 4 is 45.8 Å². The lowest BCUT2D eigenvalue weighted by atomic mass is 10.1. The molecule has 0 saturated heterocycles. The SMILES string of the molecule is Cc1cc(C(=O)OCC(=O)Nc2ccc([N+](=O)[O-])cc2Cl)c2ccccc2n1. The van der Waals surface area contributed by atoms with Crippen molar-refractivity contribution in [3.63, 3.8) is 0 Å². The van der Waals surface area contributed by atoms with Crippen molar-refractivity contribution in [3.05, 3.63) is 74.9 Å². The second-order valence-electron chi connectivity index (χ2n) is 5.87. The summed E-state index contributed by atoms with van der Waals surface area (Å²) in [4.78, 5) is 38.9. The summed E-state index contributed by atoms with van der Waals surface area (Å²) in [6.07, 6.45) is 0. The topological polar surface area (TPSA) is 111 Å². The van der Waals surface area contributed by atoms with Crippen LogP contribution in [0.2, 0.25) is 5.02 Å². The molecule has 1 aromatic heterocycles. The fraction of sp³-hybridized carbons (Fsp3) is 0.105. The number of hydrogen-bond acceptors (Lipinski definition) is 6. The molecule has 28 heavy (non-hydrogen) atoms. The number of benzene rings is 2. The number of para-hydroxylation sites is 1. The average molecular weight is 400 g/mol. The van der Waals surface area contributed by atoms with Crippen LogP contribution in [0.15, 0.2) is 48.5 Å². The predicted octanol–water partition coefficient (Wildman–Crippen LogP) is 3.90. The largest absolute Gasteiger partial charge is 0.452 e. The molecule has 0 aliphatic carbocycles. The minimum Gasteiger partial charge on any atom is -0.452 e. The van der Waals surface area contributed by atoms with Gasteiger partial charge in [-0.15, -0.1) is 0 Å². The van der Waals surface area contributed by atoms with Gasteiger partial charge in [-0.25, -0.2) is 4.79 Å². The van der Waals surface area contributed by atoms with E-state index in [1.165, 1.54) is 12.1 Å². The highest BCUT2D eigenvalue weighted by molar-refractivity contribution is 6.34. The third-order valence-corrected chi connectivity index (χ3v) is 4.15. The summed E-state index contributed by atoms with van der Waals surface area (Å²) in [6, 6.07) is 12.3. The van der Waals surface area contributed by atoms with E-state index in [9.17, 15) is 19.7 Å². The molecule has 9 heteroatoms. The number of nitrogens with one attached hydrogen (secondary N) is 1. The number of carbonyl (C=O) groups is 2. The zero-order valence-corrected chi connectivity index (χ0v) is 15.4. The van der Waals surface area contributed by atoms with Gasteiger partial charge in [0.15, 0.2) is 6.61 Å². The van der Waals surface area contributed by atoms with E-state index in [2.05, 4.69) is 10.3 Å². The Bertz CT molecular complexity index is 1100. The molecule has 0 saturated carbocycles. The van der Waals surface area contributed by atoms with Gasteiger partial charge in [0.05, 0.1) is 26.7 Å². The fourth-order valence-electron chi connectivity index (χ4n) is 2.59. The number of nitro benzene ring substituents is 1. The number of nitro groups is 1. The lowest BCUT2D eigenvalue weighted by molar-refractivity contribution is -0.384. The van der Waals surface area contributed by atoms with Gasteiger partial charge in [0.2, 0.25) is 0 Å². The van der Waals surface area contributed by atoms with Crippen molar-refractivity contribution in [1.82, 2.24) is 4.98 Å². The number of nitrogens with zero attached hydrogens (tertiary/aromatic N) is 2. The summed E-state index contributed by atoms with van der Waals surface area (Å²) in [5.74, 6) is -1.29. The van der Waals surface area contributed by atoms with Gasteiger partial charge in [-0.2, -0.15) is 0 Å². The standard InChI is InChI=1S/C19H14ClN3O5/c1-11-8-14(13-4-2-3-5-16(13)21-11)19(25)28-10-18(24)22-17-7-6-12(23(26)27)9-15(17)20/h2-9H,10H2,1H3,(H,22,24).